The molecule has 1 aliphatic heterocycles. The van der Waals surface area contributed by atoms with Gasteiger partial charge in [0.05, 0.1) is 12.7 Å². The number of hydrogen-bond donors (Lipinski definition) is 0. The number of carbonyl (C=O) groups is 1. The number of rotatable bonds is 4. The fraction of sp³-hybridized carbons (Fsp3) is 0.231. The zero-order chi connectivity index (χ0) is 22.9. The average Bonchev–Trinajstić information content (AvgIpc) is 3.28. The third kappa shape index (κ3) is 4.34. The van der Waals surface area contributed by atoms with Crippen LogP contribution in [0.1, 0.15) is 17.3 Å². The zero-order valence-corrected chi connectivity index (χ0v) is 19.3. The van der Waals surface area contributed by atoms with Crippen LogP contribution in [-0.4, -0.2) is 52.1 Å². The molecule has 0 radical (unpaired) electrons. The minimum absolute atomic E-state index is 0.00540. The lowest BCUT2D eigenvalue weighted by atomic mass is 10.0. The van der Waals surface area contributed by atoms with Gasteiger partial charge in [0, 0.05) is 64.0 Å². The number of hydrogen-bond acceptors (Lipinski definition) is 5. The number of aromatic nitrogens is 1. The van der Waals surface area contributed by atoms with Crippen molar-refractivity contribution in [2.75, 3.05) is 26.0 Å². The van der Waals surface area contributed by atoms with E-state index in [4.69, 9.17) is 9.15 Å². The van der Waals surface area contributed by atoms with Crippen LogP contribution in [-0.2, 0) is 15.5 Å². The van der Waals surface area contributed by atoms with Gasteiger partial charge in [-0.25, -0.2) is 0 Å². The second kappa shape index (κ2) is 8.92. The van der Waals surface area contributed by atoms with E-state index < -0.39 is 10.8 Å². The molecule has 2 atom stereocenters. The monoisotopic (exact) mass is 460 g/mol. The number of ether oxygens (including phenoxy) is 1. The molecule has 1 saturated heterocycles. The van der Waals surface area contributed by atoms with Gasteiger partial charge in [-0.15, -0.1) is 0 Å². The van der Waals surface area contributed by atoms with E-state index >= 15 is 0 Å². The van der Waals surface area contributed by atoms with E-state index in [-0.39, 0.29) is 12.0 Å². The van der Waals surface area contributed by atoms with Crippen molar-refractivity contribution in [1.29, 1.82) is 0 Å². The normalized spacial score (nSPS) is 17.3. The molecule has 0 spiro atoms. The zero-order valence-electron chi connectivity index (χ0n) is 18.5. The van der Waals surface area contributed by atoms with Crippen LogP contribution < -0.4 is 0 Å². The highest BCUT2D eigenvalue weighted by molar-refractivity contribution is 7.84. The summed E-state index contributed by atoms with van der Waals surface area (Å²) >= 11 is 0. The van der Waals surface area contributed by atoms with Crippen molar-refractivity contribution in [2.45, 2.75) is 17.9 Å². The predicted octanol–water partition coefficient (Wildman–Crippen LogP) is 4.76. The number of amides is 1. The molecule has 0 aliphatic carbocycles. The standard InChI is InChI=1S/C26H24N2O4S/c1-17-16-28(12-13-31-17)26(29)20-5-3-4-19(14-20)22-10-11-27-23-15-24(32-25(22)23)18-6-8-21(9-7-18)33(2)30/h3-11,14-15,17H,12-13,16H2,1-2H3. The molecule has 6 nitrogen and oxygen atoms in total. The van der Waals surface area contributed by atoms with E-state index in [2.05, 4.69) is 4.98 Å². The SMILES string of the molecule is CC1CN(C(=O)c2cccc(-c3ccnc4cc(-c5ccc(S(C)=O)cc5)oc34)c2)CCO1. The lowest BCUT2D eigenvalue weighted by Gasteiger charge is -2.31. The van der Waals surface area contributed by atoms with Gasteiger partial charge in [-0.2, -0.15) is 0 Å². The molecule has 4 aromatic rings. The summed E-state index contributed by atoms with van der Waals surface area (Å²) in [6, 6.07) is 18.9. The number of nitrogens with zero attached hydrogens (tertiary/aromatic N) is 2. The predicted molar refractivity (Wildman–Crippen MR) is 129 cm³/mol. The summed E-state index contributed by atoms with van der Waals surface area (Å²) < 4.78 is 23.5. The Kier molecular flexibility index (Phi) is 5.83. The molecule has 2 aromatic carbocycles. The van der Waals surface area contributed by atoms with Crippen LogP contribution >= 0.6 is 0 Å². The van der Waals surface area contributed by atoms with Crippen LogP contribution in [0.3, 0.4) is 0 Å². The quantitative estimate of drug-likeness (QED) is 0.439. The van der Waals surface area contributed by atoms with Crippen LogP contribution in [0, 0.1) is 0 Å². The molecule has 2 unspecified atom stereocenters. The van der Waals surface area contributed by atoms with Crippen molar-refractivity contribution >= 4 is 27.8 Å². The maximum atomic E-state index is 13.1. The minimum Gasteiger partial charge on any atom is -0.454 e. The van der Waals surface area contributed by atoms with E-state index in [0.717, 1.165) is 27.1 Å². The number of fused-ring (bicyclic) bond motifs is 1. The third-order valence-corrected chi connectivity index (χ3v) is 6.77. The largest absolute Gasteiger partial charge is 0.454 e. The maximum Gasteiger partial charge on any atom is 0.254 e. The van der Waals surface area contributed by atoms with Crippen molar-refractivity contribution in [3.63, 3.8) is 0 Å². The molecule has 2 aromatic heterocycles. The Bertz CT molecular complexity index is 1350. The van der Waals surface area contributed by atoms with Crippen molar-refractivity contribution in [2.24, 2.45) is 0 Å². The summed E-state index contributed by atoms with van der Waals surface area (Å²) in [5, 5.41) is 0. The molecule has 3 heterocycles. The molecular formula is C26H24N2O4S. The van der Waals surface area contributed by atoms with Gasteiger partial charge in [0.1, 0.15) is 11.3 Å². The third-order valence-electron chi connectivity index (χ3n) is 5.83. The van der Waals surface area contributed by atoms with Gasteiger partial charge >= 0.3 is 0 Å². The second-order valence-corrected chi connectivity index (χ2v) is 9.56. The van der Waals surface area contributed by atoms with Crippen LogP contribution in [0.15, 0.2) is 76.2 Å². The van der Waals surface area contributed by atoms with Gasteiger partial charge in [0.15, 0.2) is 5.58 Å². The lowest BCUT2D eigenvalue weighted by Crippen LogP contribution is -2.44. The van der Waals surface area contributed by atoms with Crippen LogP contribution in [0.2, 0.25) is 0 Å². The van der Waals surface area contributed by atoms with Crippen molar-refractivity contribution in [3.05, 3.63) is 72.4 Å². The van der Waals surface area contributed by atoms with Crippen molar-refractivity contribution in [3.8, 4) is 22.5 Å². The van der Waals surface area contributed by atoms with Crippen molar-refractivity contribution in [1.82, 2.24) is 9.88 Å². The smallest absolute Gasteiger partial charge is 0.254 e. The minimum atomic E-state index is -1.03. The number of morpholine rings is 1. The first kappa shape index (κ1) is 21.6. The van der Waals surface area contributed by atoms with Gasteiger partial charge in [-0.05, 0) is 42.8 Å². The first-order chi connectivity index (χ1) is 16.0. The molecule has 1 aliphatic rings. The molecule has 7 heteroatoms. The highest BCUT2D eigenvalue weighted by atomic mass is 32.2. The van der Waals surface area contributed by atoms with E-state index in [1.807, 2.05) is 72.5 Å². The summed E-state index contributed by atoms with van der Waals surface area (Å²) in [5.74, 6) is 0.693. The Morgan fingerprint density at radius 2 is 1.91 bits per heavy atom. The van der Waals surface area contributed by atoms with Crippen LogP contribution in [0.4, 0.5) is 0 Å². The summed E-state index contributed by atoms with van der Waals surface area (Å²) in [6.45, 7) is 3.72. The average molecular weight is 461 g/mol. The Morgan fingerprint density at radius 3 is 2.67 bits per heavy atom. The molecule has 0 bridgehead atoms. The Labute approximate surface area is 194 Å². The van der Waals surface area contributed by atoms with Gasteiger partial charge in [-0.3, -0.25) is 14.0 Å². The molecule has 168 valence electrons. The maximum absolute atomic E-state index is 13.1. The van der Waals surface area contributed by atoms with Gasteiger partial charge in [0.2, 0.25) is 0 Å². The highest BCUT2D eigenvalue weighted by Gasteiger charge is 2.23. The van der Waals surface area contributed by atoms with Crippen LogP contribution in [0.25, 0.3) is 33.6 Å². The fourth-order valence-corrected chi connectivity index (χ4v) is 4.64. The number of pyridine rings is 1. The van der Waals surface area contributed by atoms with Gasteiger partial charge in [-0.1, -0.05) is 24.3 Å². The highest BCUT2D eigenvalue weighted by Crippen LogP contribution is 2.34. The second-order valence-electron chi connectivity index (χ2n) is 8.18. The lowest BCUT2D eigenvalue weighted by molar-refractivity contribution is -0.0124. The van der Waals surface area contributed by atoms with E-state index in [9.17, 15) is 9.00 Å². The molecule has 33 heavy (non-hydrogen) atoms. The number of benzene rings is 2. The van der Waals surface area contributed by atoms with E-state index in [1.54, 1.807) is 12.5 Å². The molecule has 1 fully saturated rings. The molecule has 1 amide bonds. The first-order valence-corrected chi connectivity index (χ1v) is 12.4. The number of furan rings is 1. The summed E-state index contributed by atoms with van der Waals surface area (Å²) in [7, 11) is -1.03. The Hall–Kier alpha value is -3.29. The summed E-state index contributed by atoms with van der Waals surface area (Å²) in [6.07, 6.45) is 3.45. The van der Waals surface area contributed by atoms with Gasteiger partial charge < -0.3 is 14.1 Å². The molecule has 0 saturated carbocycles. The molecule has 0 N–H and O–H groups in total. The summed E-state index contributed by atoms with van der Waals surface area (Å²) in [4.78, 5) is 20.1. The van der Waals surface area contributed by atoms with E-state index in [1.165, 1.54) is 0 Å². The fourth-order valence-electron chi connectivity index (χ4n) is 4.12. The Balaban J connectivity index is 1.49. The topological polar surface area (TPSA) is 72.6 Å². The molecule has 5 rings (SSSR count). The molecular weight excluding hydrogens is 436 g/mol. The first-order valence-electron chi connectivity index (χ1n) is 10.8. The van der Waals surface area contributed by atoms with Gasteiger partial charge in [0.25, 0.3) is 5.91 Å². The summed E-state index contributed by atoms with van der Waals surface area (Å²) in [5.41, 5.74) is 4.71. The van der Waals surface area contributed by atoms with E-state index in [0.29, 0.717) is 36.6 Å². The Morgan fingerprint density at radius 1 is 1.09 bits per heavy atom. The number of carbonyl (C=O) groups excluding carboxylic acids is 1. The van der Waals surface area contributed by atoms with Crippen LogP contribution in [0.5, 0.6) is 0 Å². The van der Waals surface area contributed by atoms with Crippen molar-refractivity contribution < 1.29 is 18.2 Å².